The highest BCUT2D eigenvalue weighted by molar-refractivity contribution is 6.34. The SMILES string of the molecule is O=C1Nc2ccc(F)cc2/C1=C/c1ccc2cccc-2cc1. The zero-order valence-electron chi connectivity index (χ0n) is 11.6. The van der Waals surface area contributed by atoms with Crippen LogP contribution in [0, 0.1) is 5.82 Å². The van der Waals surface area contributed by atoms with Gasteiger partial charge >= 0.3 is 0 Å². The lowest BCUT2D eigenvalue weighted by molar-refractivity contribution is -0.110. The van der Waals surface area contributed by atoms with Crippen LogP contribution in [0.25, 0.3) is 22.8 Å². The number of halogens is 1. The molecule has 4 rings (SSSR count). The third-order valence-corrected chi connectivity index (χ3v) is 3.87. The fraction of sp³-hybridized carbons (Fsp3) is 0. The maximum absolute atomic E-state index is 13.4. The molecule has 0 atom stereocenters. The molecule has 0 spiro atoms. The predicted molar refractivity (Wildman–Crippen MR) is 86.0 cm³/mol. The first kappa shape index (κ1) is 12.8. The molecule has 0 fully saturated rings. The van der Waals surface area contributed by atoms with E-state index in [2.05, 4.69) is 5.32 Å². The van der Waals surface area contributed by atoms with Crippen LogP contribution in [0.3, 0.4) is 0 Å². The monoisotopic (exact) mass is 289 g/mol. The summed E-state index contributed by atoms with van der Waals surface area (Å²) in [4.78, 5) is 12.1. The van der Waals surface area contributed by atoms with Gasteiger partial charge in [-0.25, -0.2) is 4.39 Å². The van der Waals surface area contributed by atoms with Crippen LogP contribution in [0.4, 0.5) is 10.1 Å². The molecule has 2 nitrogen and oxygen atoms in total. The normalized spacial score (nSPS) is 15.1. The smallest absolute Gasteiger partial charge is 0.256 e. The molecule has 0 saturated carbocycles. The molecule has 0 bridgehead atoms. The second-order valence-corrected chi connectivity index (χ2v) is 5.31. The number of nitrogens with one attached hydrogen (secondary N) is 1. The third-order valence-electron chi connectivity index (χ3n) is 3.87. The van der Waals surface area contributed by atoms with E-state index in [4.69, 9.17) is 0 Å². The summed E-state index contributed by atoms with van der Waals surface area (Å²) >= 11 is 0. The van der Waals surface area contributed by atoms with Crippen LogP contribution in [-0.4, -0.2) is 5.91 Å². The fourth-order valence-electron chi connectivity index (χ4n) is 2.75. The van der Waals surface area contributed by atoms with Gasteiger partial charge in [-0.05, 0) is 41.0 Å². The Balaban J connectivity index is 1.83. The Labute approximate surface area is 127 Å². The summed E-state index contributed by atoms with van der Waals surface area (Å²) in [7, 11) is 0. The Bertz CT molecular complexity index is 867. The first-order valence-electron chi connectivity index (χ1n) is 7.02. The van der Waals surface area contributed by atoms with Gasteiger partial charge in [-0.15, -0.1) is 0 Å². The highest BCUT2D eigenvalue weighted by atomic mass is 19.1. The lowest BCUT2D eigenvalue weighted by Gasteiger charge is -1.98. The van der Waals surface area contributed by atoms with Gasteiger partial charge in [-0.2, -0.15) is 0 Å². The minimum Gasteiger partial charge on any atom is -0.321 e. The minimum absolute atomic E-state index is 0.203. The van der Waals surface area contributed by atoms with Crippen LogP contribution in [-0.2, 0) is 4.79 Å². The van der Waals surface area contributed by atoms with Crippen molar-refractivity contribution in [3.63, 3.8) is 0 Å². The second kappa shape index (κ2) is 4.81. The average Bonchev–Trinajstić information content (AvgIpc) is 3.01. The molecule has 1 aromatic carbocycles. The third kappa shape index (κ3) is 2.07. The van der Waals surface area contributed by atoms with Crippen LogP contribution in [0.2, 0.25) is 0 Å². The highest BCUT2D eigenvalue weighted by Gasteiger charge is 2.24. The van der Waals surface area contributed by atoms with Crippen LogP contribution in [0.15, 0.2) is 60.7 Å². The van der Waals surface area contributed by atoms with Gasteiger partial charge < -0.3 is 5.32 Å². The van der Waals surface area contributed by atoms with Gasteiger partial charge in [0.05, 0.1) is 0 Å². The molecule has 1 amide bonds. The Kier molecular flexibility index (Phi) is 2.79. The largest absolute Gasteiger partial charge is 0.321 e. The quantitative estimate of drug-likeness (QED) is 0.660. The van der Waals surface area contributed by atoms with E-state index in [0.717, 1.165) is 16.7 Å². The number of hydrogen-bond acceptors (Lipinski definition) is 1. The van der Waals surface area contributed by atoms with E-state index in [1.54, 1.807) is 12.1 Å². The first-order valence-corrected chi connectivity index (χ1v) is 7.02. The van der Waals surface area contributed by atoms with Crippen molar-refractivity contribution in [3.8, 4) is 11.1 Å². The molecule has 1 N–H and O–H groups in total. The number of carbonyl (C=O) groups is 1. The number of anilines is 1. The summed E-state index contributed by atoms with van der Waals surface area (Å²) in [6.07, 6.45) is 1.79. The van der Waals surface area contributed by atoms with E-state index in [9.17, 15) is 9.18 Å². The van der Waals surface area contributed by atoms with Gasteiger partial charge in [0.15, 0.2) is 0 Å². The summed E-state index contributed by atoms with van der Waals surface area (Å²) < 4.78 is 13.4. The van der Waals surface area contributed by atoms with Crippen molar-refractivity contribution < 1.29 is 9.18 Å². The molecular formula is C19H12FNO. The Hall–Kier alpha value is -2.94. The summed E-state index contributed by atoms with van der Waals surface area (Å²) in [6, 6.07) is 18.4. The molecular weight excluding hydrogens is 277 g/mol. The van der Waals surface area contributed by atoms with Crippen LogP contribution in [0.1, 0.15) is 11.1 Å². The second-order valence-electron chi connectivity index (χ2n) is 5.31. The molecule has 2 aliphatic carbocycles. The Morgan fingerprint density at radius 2 is 1.64 bits per heavy atom. The molecule has 1 aromatic rings. The number of carbonyl (C=O) groups excluding carboxylic acids is 1. The van der Waals surface area contributed by atoms with E-state index in [-0.39, 0.29) is 11.7 Å². The molecule has 0 radical (unpaired) electrons. The van der Waals surface area contributed by atoms with Gasteiger partial charge in [0, 0.05) is 16.8 Å². The lowest BCUT2D eigenvalue weighted by Crippen LogP contribution is -2.03. The summed E-state index contributed by atoms with van der Waals surface area (Å²) in [5, 5.41) is 2.76. The van der Waals surface area contributed by atoms with Gasteiger partial charge in [-0.3, -0.25) is 4.79 Å². The molecule has 106 valence electrons. The number of benzene rings is 1. The van der Waals surface area contributed by atoms with Crippen molar-refractivity contribution in [1.82, 2.24) is 0 Å². The van der Waals surface area contributed by atoms with Crippen molar-refractivity contribution in [2.45, 2.75) is 0 Å². The average molecular weight is 289 g/mol. The Morgan fingerprint density at radius 1 is 0.909 bits per heavy atom. The van der Waals surface area contributed by atoms with E-state index in [0.29, 0.717) is 16.8 Å². The zero-order valence-corrected chi connectivity index (χ0v) is 11.6. The summed E-state index contributed by atoms with van der Waals surface area (Å²) in [5.41, 5.74) is 4.94. The van der Waals surface area contributed by atoms with E-state index < -0.39 is 0 Å². The number of hydrogen-bond donors (Lipinski definition) is 1. The molecule has 1 heterocycles. The molecule has 3 aliphatic rings. The lowest BCUT2D eigenvalue weighted by atomic mass is 10.0. The zero-order chi connectivity index (χ0) is 15.1. The molecule has 22 heavy (non-hydrogen) atoms. The van der Waals surface area contributed by atoms with Crippen molar-refractivity contribution in [2.75, 3.05) is 5.32 Å². The molecule has 0 unspecified atom stereocenters. The molecule has 3 heteroatoms. The molecule has 0 aromatic heterocycles. The number of fused-ring (bicyclic) bond motifs is 2. The molecule has 1 aliphatic heterocycles. The Morgan fingerprint density at radius 3 is 2.36 bits per heavy atom. The van der Waals surface area contributed by atoms with Crippen molar-refractivity contribution >= 4 is 23.2 Å². The number of rotatable bonds is 1. The van der Waals surface area contributed by atoms with Crippen molar-refractivity contribution in [1.29, 1.82) is 0 Å². The topological polar surface area (TPSA) is 29.1 Å². The molecule has 0 saturated heterocycles. The van der Waals surface area contributed by atoms with Crippen LogP contribution in [0.5, 0.6) is 0 Å². The summed E-state index contributed by atoms with van der Waals surface area (Å²) in [5.74, 6) is -0.551. The van der Waals surface area contributed by atoms with Crippen molar-refractivity contribution in [2.24, 2.45) is 0 Å². The van der Waals surface area contributed by atoms with Gasteiger partial charge in [-0.1, -0.05) is 42.5 Å². The number of amides is 1. The van der Waals surface area contributed by atoms with E-state index >= 15 is 0 Å². The van der Waals surface area contributed by atoms with E-state index in [1.807, 2.05) is 42.5 Å². The standard InChI is InChI=1S/C19H12FNO/c20-15-8-9-18-16(11-15)17(19(22)21-18)10-12-4-6-13-2-1-3-14(13)7-5-12/h1-11H,(H,21,22)/b17-10-. The van der Waals surface area contributed by atoms with Crippen LogP contribution < -0.4 is 5.32 Å². The summed E-state index contributed by atoms with van der Waals surface area (Å²) in [6.45, 7) is 0. The highest BCUT2D eigenvalue weighted by Crippen LogP contribution is 2.33. The van der Waals surface area contributed by atoms with Crippen molar-refractivity contribution in [3.05, 3.63) is 77.6 Å². The minimum atomic E-state index is -0.349. The van der Waals surface area contributed by atoms with Gasteiger partial charge in [0.2, 0.25) is 0 Å². The van der Waals surface area contributed by atoms with E-state index in [1.165, 1.54) is 12.1 Å². The van der Waals surface area contributed by atoms with Gasteiger partial charge in [0.25, 0.3) is 5.91 Å². The first-order chi connectivity index (χ1) is 10.7. The fourth-order valence-corrected chi connectivity index (χ4v) is 2.75. The maximum Gasteiger partial charge on any atom is 0.256 e. The maximum atomic E-state index is 13.4. The van der Waals surface area contributed by atoms with Gasteiger partial charge in [0.1, 0.15) is 5.82 Å². The predicted octanol–water partition coefficient (Wildman–Crippen LogP) is 4.42. The van der Waals surface area contributed by atoms with Crippen LogP contribution >= 0.6 is 0 Å².